The first kappa shape index (κ1) is 14.6. The van der Waals surface area contributed by atoms with Crippen molar-refractivity contribution in [3.63, 3.8) is 0 Å². The van der Waals surface area contributed by atoms with Gasteiger partial charge in [0.2, 0.25) is 0 Å². The monoisotopic (exact) mass is 271 g/mol. The normalized spacial score (nSPS) is 11.9. The van der Waals surface area contributed by atoms with E-state index in [1.807, 2.05) is 14.1 Å². The summed E-state index contributed by atoms with van der Waals surface area (Å²) in [7, 11) is 4.01. The van der Waals surface area contributed by atoms with Crippen LogP contribution in [0.15, 0.2) is 23.4 Å². The van der Waals surface area contributed by atoms with Crippen molar-refractivity contribution >= 4 is 17.4 Å². The molecule has 100 valence electrons. The van der Waals surface area contributed by atoms with Crippen molar-refractivity contribution < 1.29 is 9.94 Å². The van der Waals surface area contributed by atoms with Crippen LogP contribution in [0.2, 0.25) is 5.02 Å². The SMILES string of the molecule is CN(C)CCCOc1ccc(Cl)cc1/C(N)=N/O. The molecule has 3 N–H and O–H groups in total. The van der Waals surface area contributed by atoms with E-state index >= 15 is 0 Å². The molecule has 0 aliphatic heterocycles. The van der Waals surface area contributed by atoms with Crippen molar-refractivity contribution in [3.05, 3.63) is 28.8 Å². The topological polar surface area (TPSA) is 71.1 Å². The van der Waals surface area contributed by atoms with Gasteiger partial charge in [-0.3, -0.25) is 0 Å². The van der Waals surface area contributed by atoms with Gasteiger partial charge in [0.25, 0.3) is 0 Å². The summed E-state index contributed by atoms with van der Waals surface area (Å²) in [6, 6.07) is 5.03. The highest BCUT2D eigenvalue weighted by molar-refractivity contribution is 6.31. The summed E-state index contributed by atoms with van der Waals surface area (Å²) in [5, 5.41) is 12.2. The van der Waals surface area contributed by atoms with Crippen LogP contribution in [0.25, 0.3) is 0 Å². The number of nitrogens with zero attached hydrogens (tertiary/aromatic N) is 2. The van der Waals surface area contributed by atoms with E-state index in [0.717, 1.165) is 13.0 Å². The Morgan fingerprint density at radius 2 is 2.22 bits per heavy atom. The molecule has 0 saturated carbocycles. The second-order valence-corrected chi connectivity index (χ2v) is 4.57. The van der Waals surface area contributed by atoms with Crippen LogP contribution < -0.4 is 10.5 Å². The number of rotatable bonds is 6. The zero-order valence-electron chi connectivity index (χ0n) is 10.6. The van der Waals surface area contributed by atoms with Crippen LogP contribution in [0.1, 0.15) is 12.0 Å². The maximum absolute atomic E-state index is 8.71. The number of hydrogen-bond acceptors (Lipinski definition) is 4. The van der Waals surface area contributed by atoms with Crippen LogP contribution in [-0.2, 0) is 0 Å². The van der Waals surface area contributed by atoms with E-state index in [0.29, 0.717) is 22.9 Å². The molecule has 1 aromatic rings. The predicted octanol–water partition coefficient (Wildman–Crippen LogP) is 1.76. The highest BCUT2D eigenvalue weighted by atomic mass is 35.5. The Labute approximate surface area is 112 Å². The Morgan fingerprint density at radius 1 is 1.50 bits per heavy atom. The lowest BCUT2D eigenvalue weighted by Crippen LogP contribution is -2.17. The van der Waals surface area contributed by atoms with Gasteiger partial charge in [0, 0.05) is 11.6 Å². The zero-order valence-corrected chi connectivity index (χ0v) is 11.3. The van der Waals surface area contributed by atoms with Gasteiger partial charge in [0.1, 0.15) is 5.75 Å². The van der Waals surface area contributed by atoms with Crippen LogP contribution in [0, 0.1) is 0 Å². The molecule has 0 aromatic heterocycles. The van der Waals surface area contributed by atoms with Gasteiger partial charge in [-0.05, 0) is 38.7 Å². The number of oxime groups is 1. The highest BCUT2D eigenvalue weighted by Crippen LogP contribution is 2.22. The molecule has 0 aliphatic carbocycles. The van der Waals surface area contributed by atoms with Gasteiger partial charge < -0.3 is 20.6 Å². The summed E-state index contributed by atoms with van der Waals surface area (Å²) in [6.45, 7) is 1.50. The number of nitrogens with two attached hydrogens (primary N) is 1. The molecule has 0 heterocycles. The van der Waals surface area contributed by atoms with Gasteiger partial charge in [-0.2, -0.15) is 0 Å². The fourth-order valence-electron chi connectivity index (χ4n) is 1.45. The third-order valence-electron chi connectivity index (χ3n) is 2.33. The third kappa shape index (κ3) is 4.43. The van der Waals surface area contributed by atoms with Crippen molar-refractivity contribution in [2.75, 3.05) is 27.2 Å². The van der Waals surface area contributed by atoms with Crippen molar-refractivity contribution in [2.45, 2.75) is 6.42 Å². The average molecular weight is 272 g/mol. The minimum atomic E-state index is -0.0138. The molecule has 0 fully saturated rings. The van der Waals surface area contributed by atoms with Gasteiger partial charge in [0.05, 0.1) is 12.2 Å². The molecular formula is C12H18ClN3O2. The summed E-state index contributed by atoms with van der Waals surface area (Å²) in [6.07, 6.45) is 0.894. The first-order valence-electron chi connectivity index (χ1n) is 5.59. The van der Waals surface area contributed by atoms with Crippen molar-refractivity contribution in [2.24, 2.45) is 10.9 Å². The molecular weight excluding hydrogens is 254 g/mol. The van der Waals surface area contributed by atoms with Gasteiger partial charge in [-0.1, -0.05) is 16.8 Å². The molecule has 18 heavy (non-hydrogen) atoms. The molecule has 0 aliphatic rings. The number of amidine groups is 1. The molecule has 0 unspecified atom stereocenters. The minimum absolute atomic E-state index is 0.0138. The van der Waals surface area contributed by atoms with Crippen LogP contribution in [0.3, 0.4) is 0 Å². The van der Waals surface area contributed by atoms with E-state index in [1.165, 1.54) is 0 Å². The molecule has 1 aromatic carbocycles. The average Bonchev–Trinajstić information content (AvgIpc) is 2.34. The quantitative estimate of drug-likeness (QED) is 0.272. The molecule has 1 rings (SSSR count). The predicted molar refractivity (Wildman–Crippen MR) is 72.6 cm³/mol. The first-order valence-corrected chi connectivity index (χ1v) is 5.97. The highest BCUT2D eigenvalue weighted by Gasteiger charge is 2.09. The van der Waals surface area contributed by atoms with E-state index in [2.05, 4.69) is 10.1 Å². The summed E-state index contributed by atoms with van der Waals surface area (Å²) in [5.41, 5.74) is 6.06. The Hall–Kier alpha value is -1.46. The second-order valence-electron chi connectivity index (χ2n) is 4.13. The summed E-state index contributed by atoms with van der Waals surface area (Å²) < 4.78 is 5.61. The van der Waals surface area contributed by atoms with Gasteiger partial charge in [-0.25, -0.2) is 0 Å². The van der Waals surface area contributed by atoms with E-state index in [-0.39, 0.29) is 5.84 Å². The number of ether oxygens (including phenoxy) is 1. The fourth-order valence-corrected chi connectivity index (χ4v) is 1.62. The molecule has 6 heteroatoms. The first-order chi connectivity index (χ1) is 8.54. The number of hydrogen-bond donors (Lipinski definition) is 2. The molecule has 0 saturated heterocycles. The third-order valence-corrected chi connectivity index (χ3v) is 2.57. The van der Waals surface area contributed by atoms with Gasteiger partial charge in [0.15, 0.2) is 5.84 Å². The summed E-state index contributed by atoms with van der Waals surface area (Å²) in [4.78, 5) is 2.08. The van der Waals surface area contributed by atoms with Gasteiger partial charge >= 0.3 is 0 Å². The van der Waals surface area contributed by atoms with Crippen molar-refractivity contribution in [3.8, 4) is 5.75 Å². The zero-order chi connectivity index (χ0) is 13.5. The van der Waals surface area contributed by atoms with E-state index in [9.17, 15) is 0 Å². The van der Waals surface area contributed by atoms with Gasteiger partial charge in [-0.15, -0.1) is 0 Å². The summed E-state index contributed by atoms with van der Waals surface area (Å²) >= 11 is 5.87. The summed E-state index contributed by atoms with van der Waals surface area (Å²) in [5.74, 6) is 0.550. The maximum Gasteiger partial charge on any atom is 0.173 e. The minimum Gasteiger partial charge on any atom is -0.493 e. The number of benzene rings is 1. The van der Waals surface area contributed by atoms with Crippen LogP contribution in [0.5, 0.6) is 5.75 Å². The smallest absolute Gasteiger partial charge is 0.173 e. The Balaban J connectivity index is 2.70. The molecule has 0 spiro atoms. The van der Waals surface area contributed by atoms with E-state index in [4.69, 9.17) is 27.3 Å². The van der Waals surface area contributed by atoms with E-state index in [1.54, 1.807) is 18.2 Å². The molecule has 0 atom stereocenters. The second kappa shape index (κ2) is 7.08. The molecule has 0 amide bonds. The Bertz CT molecular complexity index is 422. The Kier molecular flexibility index (Phi) is 5.74. The standard InChI is InChI=1S/C12H18ClN3O2/c1-16(2)6-3-7-18-11-5-4-9(13)8-10(11)12(14)15-17/h4-5,8,17H,3,6-7H2,1-2H3,(H2,14,15). The van der Waals surface area contributed by atoms with Crippen LogP contribution >= 0.6 is 11.6 Å². The maximum atomic E-state index is 8.71. The lowest BCUT2D eigenvalue weighted by Gasteiger charge is -2.13. The Morgan fingerprint density at radius 3 is 2.83 bits per heavy atom. The molecule has 0 radical (unpaired) electrons. The lowest BCUT2D eigenvalue weighted by atomic mass is 10.2. The molecule has 0 bridgehead atoms. The fraction of sp³-hybridized carbons (Fsp3) is 0.417. The van der Waals surface area contributed by atoms with Crippen molar-refractivity contribution in [1.29, 1.82) is 0 Å². The van der Waals surface area contributed by atoms with E-state index < -0.39 is 0 Å². The lowest BCUT2D eigenvalue weighted by molar-refractivity contribution is 0.280. The van der Waals surface area contributed by atoms with Crippen LogP contribution in [-0.4, -0.2) is 43.2 Å². The number of halogens is 1. The van der Waals surface area contributed by atoms with Crippen LogP contribution in [0.4, 0.5) is 0 Å². The van der Waals surface area contributed by atoms with Crippen molar-refractivity contribution in [1.82, 2.24) is 4.90 Å². The molecule has 5 nitrogen and oxygen atoms in total. The largest absolute Gasteiger partial charge is 0.493 e.